The molecule has 2 saturated heterocycles. The Hall–Kier alpha value is -0.650. The van der Waals surface area contributed by atoms with E-state index in [0.29, 0.717) is 5.92 Å². The predicted octanol–water partition coefficient (Wildman–Crippen LogP) is -0.188. The molecule has 0 aromatic heterocycles. The summed E-state index contributed by atoms with van der Waals surface area (Å²) in [6.07, 6.45) is 1.80. The number of nitrogens with one attached hydrogen (secondary N) is 1. The third-order valence-electron chi connectivity index (χ3n) is 2.80. The van der Waals surface area contributed by atoms with Crippen LogP contribution in [0.3, 0.4) is 0 Å². The van der Waals surface area contributed by atoms with Crippen molar-refractivity contribution >= 4 is 5.97 Å². The lowest BCUT2D eigenvalue weighted by molar-refractivity contribution is -0.139. The normalized spacial score (nSPS) is 34.6. The monoisotopic (exact) mass is 201 g/mol. The second kappa shape index (κ2) is 4.25. The van der Waals surface area contributed by atoms with Crippen LogP contribution in [-0.4, -0.2) is 43.2 Å². The summed E-state index contributed by atoms with van der Waals surface area (Å²) in [7, 11) is 0. The highest BCUT2D eigenvalue weighted by atomic mass is 16.5. The fourth-order valence-electron chi connectivity index (χ4n) is 1.93. The van der Waals surface area contributed by atoms with Gasteiger partial charge in [-0.05, 0) is 12.8 Å². The fraction of sp³-hybridized carbons (Fsp3) is 0.889. The molecule has 0 saturated carbocycles. The van der Waals surface area contributed by atoms with E-state index in [-0.39, 0.29) is 12.8 Å². The lowest BCUT2D eigenvalue weighted by Crippen LogP contribution is -2.41. The molecule has 0 radical (unpaired) electrons. The van der Waals surface area contributed by atoms with Crippen LogP contribution >= 0.6 is 0 Å². The number of ether oxygens (including phenoxy) is 2. The van der Waals surface area contributed by atoms with E-state index in [2.05, 4.69) is 5.32 Å². The van der Waals surface area contributed by atoms with Crippen molar-refractivity contribution in [3.8, 4) is 0 Å². The molecule has 2 N–H and O–H groups in total. The molecular formula is C9H15NO4. The summed E-state index contributed by atoms with van der Waals surface area (Å²) >= 11 is 0. The SMILES string of the molecule is O=C(O)[C@@H]1COC(C2CCOCC2)N1. The summed E-state index contributed by atoms with van der Waals surface area (Å²) in [5.74, 6) is -0.437. The molecule has 0 spiro atoms. The van der Waals surface area contributed by atoms with E-state index in [1.54, 1.807) is 0 Å². The Kier molecular flexibility index (Phi) is 3.00. The van der Waals surface area contributed by atoms with Crippen LogP contribution in [0.5, 0.6) is 0 Å². The molecule has 1 unspecified atom stereocenters. The van der Waals surface area contributed by atoms with E-state index >= 15 is 0 Å². The van der Waals surface area contributed by atoms with Crippen LogP contribution in [0, 0.1) is 5.92 Å². The fourth-order valence-corrected chi connectivity index (χ4v) is 1.93. The number of carboxylic acids is 1. The minimum atomic E-state index is -0.834. The number of rotatable bonds is 2. The molecular weight excluding hydrogens is 186 g/mol. The summed E-state index contributed by atoms with van der Waals surface area (Å²) in [4.78, 5) is 10.7. The van der Waals surface area contributed by atoms with Gasteiger partial charge in [0.2, 0.25) is 0 Å². The number of carboxylic acid groups (broad SMARTS) is 1. The molecule has 0 aliphatic carbocycles. The third-order valence-corrected chi connectivity index (χ3v) is 2.80. The van der Waals surface area contributed by atoms with Gasteiger partial charge in [0.15, 0.2) is 0 Å². The third kappa shape index (κ3) is 2.05. The van der Waals surface area contributed by atoms with E-state index in [0.717, 1.165) is 26.1 Å². The van der Waals surface area contributed by atoms with Crippen molar-refractivity contribution in [1.82, 2.24) is 5.32 Å². The minimum Gasteiger partial charge on any atom is -0.480 e. The van der Waals surface area contributed by atoms with Gasteiger partial charge < -0.3 is 14.6 Å². The van der Waals surface area contributed by atoms with E-state index in [1.165, 1.54) is 0 Å². The predicted molar refractivity (Wildman–Crippen MR) is 47.8 cm³/mol. The molecule has 80 valence electrons. The second-order valence-electron chi connectivity index (χ2n) is 3.76. The Balaban J connectivity index is 1.85. The van der Waals surface area contributed by atoms with Crippen molar-refractivity contribution in [2.75, 3.05) is 19.8 Å². The standard InChI is InChI=1S/C9H15NO4/c11-9(12)7-5-14-8(10-7)6-1-3-13-4-2-6/h6-8,10H,1-5H2,(H,11,12)/t7-,8?/m0/s1. The van der Waals surface area contributed by atoms with E-state index in [9.17, 15) is 4.79 Å². The molecule has 0 aromatic rings. The van der Waals surface area contributed by atoms with Crippen molar-refractivity contribution in [1.29, 1.82) is 0 Å². The summed E-state index contributed by atoms with van der Waals surface area (Å²) in [6, 6.07) is -0.539. The molecule has 5 nitrogen and oxygen atoms in total. The van der Waals surface area contributed by atoms with Crippen LogP contribution in [0.2, 0.25) is 0 Å². The van der Waals surface area contributed by atoms with Crippen molar-refractivity contribution in [3.05, 3.63) is 0 Å². The Morgan fingerprint density at radius 3 is 2.64 bits per heavy atom. The van der Waals surface area contributed by atoms with Gasteiger partial charge in [0.25, 0.3) is 0 Å². The Morgan fingerprint density at radius 2 is 2.07 bits per heavy atom. The molecule has 5 heteroatoms. The average molecular weight is 201 g/mol. The van der Waals surface area contributed by atoms with Gasteiger partial charge in [-0.3, -0.25) is 10.1 Å². The van der Waals surface area contributed by atoms with Crippen molar-refractivity contribution in [2.24, 2.45) is 5.92 Å². The highest BCUT2D eigenvalue weighted by Crippen LogP contribution is 2.22. The molecule has 2 atom stereocenters. The first kappa shape index (κ1) is 9.89. The Labute approximate surface area is 82.4 Å². The summed E-state index contributed by atoms with van der Waals surface area (Å²) in [5, 5.41) is 11.7. The minimum absolute atomic E-state index is 0.0972. The lowest BCUT2D eigenvalue weighted by atomic mass is 9.98. The van der Waals surface area contributed by atoms with E-state index < -0.39 is 12.0 Å². The van der Waals surface area contributed by atoms with Gasteiger partial charge >= 0.3 is 5.97 Å². The molecule has 2 heterocycles. The van der Waals surface area contributed by atoms with Gasteiger partial charge in [0.05, 0.1) is 6.61 Å². The summed E-state index contributed by atoms with van der Waals surface area (Å²) in [5.41, 5.74) is 0. The number of hydrogen-bond donors (Lipinski definition) is 2. The van der Waals surface area contributed by atoms with Gasteiger partial charge in [0.1, 0.15) is 12.3 Å². The smallest absolute Gasteiger partial charge is 0.323 e. The van der Waals surface area contributed by atoms with Crippen molar-refractivity contribution in [2.45, 2.75) is 25.1 Å². The molecule has 0 amide bonds. The van der Waals surface area contributed by atoms with Crippen LogP contribution in [0.1, 0.15) is 12.8 Å². The van der Waals surface area contributed by atoms with Gasteiger partial charge in [0, 0.05) is 19.1 Å². The molecule has 2 aliphatic heterocycles. The van der Waals surface area contributed by atoms with Crippen molar-refractivity contribution in [3.63, 3.8) is 0 Å². The largest absolute Gasteiger partial charge is 0.480 e. The molecule has 2 fully saturated rings. The van der Waals surface area contributed by atoms with Gasteiger partial charge in [-0.15, -0.1) is 0 Å². The summed E-state index contributed by atoms with van der Waals surface area (Å²) < 4.78 is 10.7. The molecule has 14 heavy (non-hydrogen) atoms. The number of carbonyl (C=O) groups is 1. The number of hydrogen-bond acceptors (Lipinski definition) is 4. The van der Waals surface area contributed by atoms with Crippen LogP contribution in [0.15, 0.2) is 0 Å². The first-order chi connectivity index (χ1) is 6.77. The lowest BCUT2D eigenvalue weighted by Gasteiger charge is -2.26. The van der Waals surface area contributed by atoms with Crippen LogP contribution in [0.4, 0.5) is 0 Å². The molecule has 2 aliphatic rings. The van der Waals surface area contributed by atoms with Gasteiger partial charge in [-0.25, -0.2) is 0 Å². The average Bonchev–Trinajstić information content (AvgIpc) is 2.68. The first-order valence-electron chi connectivity index (χ1n) is 4.95. The Bertz CT molecular complexity index is 215. The highest BCUT2D eigenvalue weighted by Gasteiger charge is 2.35. The van der Waals surface area contributed by atoms with Crippen LogP contribution in [-0.2, 0) is 14.3 Å². The molecule has 2 rings (SSSR count). The molecule has 0 aromatic carbocycles. The maximum Gasteiger partial charge on any atom is 0.323 e. The molecule has 0 bridgehead atoms. The number of aliphatic carboxylic acids is 1. The first-order valence-corrected chi connectivity index (χ1v) is 4.95. The van der Waals surface area contributed by atoms with Gasteiger partial charge in [-0.2, -0.15) is 0 Å². The van der Waals surface area contributed by atoms with E-state index in [4.69, 9.17) is 14.6 Å². The zero-order chi connectivity index (χ0) is 9.97. The topological polar surface area (TPSA) is 67.8 Å². The second-order valence-corrected chi connectivity index (χ2v) is 3.76. The van der Waals surface area contributed by atoms with Gasteiger partial charge in [-0.1, -0.05) is 0 Å². The van der Waals surface area contributed by atoms with E-state index in [1.807, 2.05) is 0 Å². The zero-order valence-electron chi connectivity index (χ0n) is 7.94. The maximum absolute atomic E-state index is 10.7. The summed E-state index contributed by atoms with van der Waals surface area (Å²) in [6.45, 7) is 1.78. The maximum atomic E-state index is 10.7. The van der Waals surface area contributed by atoms with Crippen molar-refractivity contribution < 1.29 is 19.4 Å². The Morgan fingerprint density at radius 1 is 1.36 bits per heavy atom. The van der Waals surface area contributed by atoms with Crippen LogP contribution < -0.4 is 5.32 Å². The zero-order valence-corrected chi connectivity index (χ0v) is 7.94. The highest BCUT2D eigenvalue weighted by molar-refractivity contribution is 5.73. The quantitative estimate of drug-likeness (QED) is 0.648. The van der Waals surface area contributed by atoms with Crippen LogP contribution in [0.25, 0.3) is 0 Å².